The van der Waals surface area contributed by atoms with Gasteiger partial charge in [-0.25, -0.2) is 0 Å². The number of hydrogen-bond donors (Lipinski definition) is 2. The first-order chi connectivity index (χ1) is 12.3. The molecule has 0 heterocycles. The normalized spacial score (nSPS) is 13.6. The Kier molecular flexibility index (Phi) is 6.68. The lowest BCUT2D eigenvalue weighted by molar-refractivity contribution is 0.0983. The van der Waals surface area contributed by atoms with E-state index in [4.69, 9.17) is 4.55 Å². The molecule has 136 valence electrons. The highest BCUT2D eigenvalue weighted by Crippen LogP contribution is 2.22. The van der Waals surface area contributed by atoms with Crippen LogP contribution in [0.4, 0.5) is 11.4 Å². The van der Waals surface area contributed by atoms with E-state index in [0.29, 0.717) is 16.7 Å². The third kappa shape index (κ3) is 5.80. The Morgan fingerprint density at radius 2 is 1.85 bits per heavy atom. The summed E-state index contributed by atoms with van der Waals surface area (Å²) in [7, 11) is -0.572. The largest absolute Gasteiger partial charge is 0.357 e. The van der Waals surface area contributed by atoms with E-state index in [1.54, 1.807) is 42.5 Å². The van der Waals surface area contributed by atoms with Gasteiger partial charge in [-0.05, 0) is 18.2 Å². The van der Waals surface area contributed by atoms with Crippen LogP contribution >= 0.6 is 9.24 Å². The predicted octanol–water partition coefficient (Wildman–Crippen LogP) is 3.14. The summed E-state index contributed by atoms with van der Waals surface area (Å²) in [4.78, 5) is 17.0. The molecule has 0 radical (unpaired) electrons. The van der Waals surface area contributed by atoms with E-state index in [0.717, 1.165) is 0 Å². The van der Waals surface area contributed by atoms with Gasteiger partial charge in [0.15, 0.2) is 11.8 Å². The fourth-order valence-corrected chi connectivity index (χ4v) is 2.91. The lowest BCUT2D eigenvalue weighted by Gasteiger charge is -2.10. The van der Waals surface area contributed by atoms with Gasteiger partial charge >= 0.3 is 10.3 Å². The molecule has 0 aliphatic heterocycles. The second-order valence-electron chi connectivity index (χ2n) is 5.11. The number of azo groups is 1. The van der Waals surface area contributed by atoms with E-state index in [2.05, 4.69) is 24.5 Å². The molecule has 0 amide bonds. The van der Waals surface area contributed by atoms with E-state index in [-0.39, 0.29) is 11.5 Å². The minimum atomic E-state index is -4.39. The number of nitrogens with one attached hydrogen (secondary N) is 1. The van der Waals surface area contributed by atoms with E-state index in [9.17, 15) is 13.2 Å². The van der Waals surface area contributed by atoms with Crippen molar-refractivity contribution in [2.45, 2.75) is 6.04 Å². The second kappa shape index (κ2) is 8.75. The fourth-order valence-electron chi connectivity index (χ4n) is 2.12. The quantitative estimate of drug-likeness (QED) is 0.247. The first-order valence-electron chi connectivity index (χ1n) is 7.37. The summed E-state index contributed by atoms with van der Waals surface area (Å²) in [6, 6.07) is 13.8. The summed E-state index contributed by atoms with van der Waals surface area (Å²) < 4.78 is 32.6. The molecule has 0 aromatic heterocycles. The van der Waals surface area contributed by atoms with Crippen LogP contribution < -0.4 is 4.72 Å². The zero-order valence-corrected chi connectivity index (χ0v) is 15.7. The molecule has 0 saturated heterocycles. The van der Waals surface area contributed by atoms with Crippen molar-refractivity contribution in [1.29, 1.82) is 0 Å². The lowest BCUT2D eigenvalue weighted by Crippen LogP contribution is -2.24. The Bertz CT molecular complexity index is 946. The van der Waals surface area contributed by atoms with Gasteiger partial charge in [-0.1, -0.05) is 45.6 Å². The second-order valence-corrected chi connectivity index (χ2v) is 6.86. The average molecular weight is 392 g/mol. The molecule has 8 nitrogen and oxygen atoms in total. The van der Waals surface area contributed by atoms with Gasteiger partial charge in [-0.15, -0.1) is 0 Å². The SMILES string of the molecule is CN=NC(C(=O)c1ccccc1)C(P)=Nc1cccc(NS(=O)(=O)O)c1. The van der Waals surface area contributed by atoms with Gasteiger partial charge in [0.1, 0.15) is 0 Å². The van der Waals surface area contributed by atoms with Crippen LogP contribution in [0.1, 0.15) is 10.4 Å². The van der Waals surface area contributed by atoms with Crippen LogP contribution in [-0.4, -0.2) is 37.3 Å². The van der Waals surface area contributed by atoms with Gasteiger partial charge in [0.2, 0.25) is 0 Å². The number of rotatable bonds is 7. The topological polar surface area (TPSA) is 121 Å². The van der Waals surface area contributed by atoms with Gasteiger partial charge in [-0.3, -0.25) is 19.1 Å². The van der Waals surface area contributed by atoms with Crippen molar-refractivity contribution in [3.05, 3.63) is 60.2 Å². The monoisotopic (exact) mass is 392 g/mol. The molecule has 2 atom stereocenters. The molecule has 2 aromatic carbocycles. The van der Waals surface area contributed by atoms with Crippen molar-refractivity contribution in [2.75, 3.05) is 11.8 Å². The highest BCUT2D eigenvalue weighted by atomic mass is 32.2. The number of ketones is 1. The van der Waals surface area contributed by atoms with Crippen LogP contribution in [0, 0.1) is 0 Å². The summed E-state index contributed by atoms with van der Waals surface area (Å²) >= 11 is 0. The maximum absolute atomic E-state index is 12.6. The molecule has 26 heavy (non-hydrogen) atoms. The minimum absolute atomic E-state index is 0.134. The predicted molar refractivity (Wildman–Crippen MR) is 104 cm³/mol. The van der Waals surface area contributed by atoms with Crippen molar-refractivity contribution in [3.8, 4) is 0 Å². The van der Waals surface area contributed by atoms with Crippen molar-refractivity contribution in [1.82, 2.24) is 0 Å². The molecular formula is C16H17N4O4PS. The highest BCUT2D eigenvalue weighted by molar-refractivity contribution is 7.87. The molecule has 0 saturated carbocycles. The molecule has 0 aliphatic rings. The maximum atomic E-state index is 12.6. The maximum Gasteiger partial charge on any atom is 0.357 e. The average Bonchev–Trinajstić information content (AvgIpc) is 2.58. The van der Waals surface area contributed by atoms with Crippen molar-refractivity contribution < 1.29 is 17.8 Å². The molecule has 10 heteroatoms. The Morgan fingerprint density at radius 3 is 2.46 bits per heavy atom. The number of nitrogens with zero attached hydrogens (tertiary/aromatic N) is 3. The summed E-state index contributed by atoms with van der Waals surface area (Å²) in [5.74, 6) is -0.267. The van der Waals surface area contributed by atoms with Crippen LogP contribution in [-0.2, 0) is 10.3 Å². The number of Topliss-reactive ketones (excluding diaryl/α,β-unsaturated/α-hetero) is 1. The third-order valence-electron chi connectivity index (χ3n) is 3.17. The summed E-state index contributed by atoms with van der Waals surface area (Å²) in [5, 5.41) is 7.65. The highest BCUT2D eigenvalue weighted by Gasteiger charge is 2.23. The van der Waals surface area contributed by atoms with Gasteiger partial charge in [0.25, 0.3) is 0 Å². The van der Waals surface area contributed by atoms with Crippen molar-refractivity contribution in [3.63, 3.8) is 0 Å². The molecule has 2 rings (SSSR count). The molecule has 0 fully saturated rings. The molecular weight excluding hydrogens is 375 g/mol. The number of anilines is 1. The molecule has 0 spiro atoms. The summed E-state index contributed by atoms with van der Waals surface area (Å²) in [6.07, 6.45) is 0. The fraction of sp³-hybridized carbons (Fsp3) is 0.125. The van der Waals surface area contributed by atoms with E-state index >= 15 is 0 Å². The van der Waals surface area contributed by atoms with Gasteiger partial charge < -0.3 is 0 Å². The number of benzene rings is 2. The number of carbonyl (C=O) groups excluding carboxylic acids is 1. The van der Waals surface area contributed by atoms with E-state index < -0.39 is 16.3 Å². The number of carbonyl (C=O) groups is 1. The summed E-state index contributed by atoms with van der Waals surface area (Å²) in [6.45, 7) is 0. The lowest BCUT2D eigenvalue weighted by atomic mass is 10.1. The Morgan fingerprint density at radius 1 is 1.15 bits per heavy atom. The van der Waals surface area contributed by atoms with Gasteiger partial charge in [0, 0.05) is 12.6 Å². The Balaban J connectivity index is 2.33. The zero-order chi connectivity index (χ0) is 19.2. The van der Waals surface area contributed by atoms with Crippen LogP contribution in [0.15, 0.2) is 69.8 Å². The molecule has 0 aliphatic carbocycles. The van der Waals surface area contributed by atoms with Crippen molar-refractivity contribution >= 4 is 42.2 Å². The zero-order valence-electron chi connectivity index (χ0n) is 13.8. The van der Waals surface area contributed by atoms with E-state index in [1.165, 1.54) is 19.2 Å². The van der Waals surface area contributed by atoms with Crippen LogP contribution in [0.5, 0.6) is 0 Å². The number of aliphatic imine (C=N–C) groups is 1. The van der Waals surface area contributed by atoms with Crippen molar-refractivity contribution in [2.24, 2.45) is 15.2 Å². The minimum Gasteiger partial charge on any atom is -0.291 e. The van der Waals surface area contributed by atoms with Gasteiger partial charge in [0.05, 0.1) is 16.8 Å². The Labute approximate surface area is 153 Å². The third-order valence-corrected chi connectivity index (χ3v) is 4.11. The number of hydrogen-bond acceptors (Lipinski definition) is 6. The van der Waals surface area contributed by atoms with Crippen LogP contribution in [0.3, 0.4) is 0 Å². The van der Waals surface area contributed by atoms with Crippen LogP contribution in [0.25, 0.3) is 0 Å². The molecule has 2 aromatic rings. The van der Waals surface area contributed by atoms with Crippen LogP contribution in [0.2, 0.25) is 0 Å². The van der Waals surface area contributed by atoms with Gasteiger partial charge in [-0.2, -0.15) is 18.6 Å². The first-order valence-corrected chi connectivity index (χ1v) is 9.39. The molecule has 2 N–H and O–H groups in total. The molecule has 2 unspecified atom stereocenters. The standard InChI is InChI=1S/C16H17N4O4PS/c1-17-19-14(15(21)11-6-3-2-4-7-11)16(25)18-12-8-5-9-13(10-12)20-26(22,23)24/h2-10,14,20H,25H2,1H3,(H,22,23,24). The van der Waals surface area contributed by atoms with E-state index in [1.807, 2.05) is 4.72 Å². The summed E-state index contributed by atoms with van der Waals surface area (Å²) in [5.41, 5.74) is 1.30. The first kappa shape index (κ1) is 19.8. The Hall–Kier alpha value is -2.48. The molecule has 0 bridgehead atoms. The smallest absolute Gasteiger partial charge is 0.291 e.